The van der Waals surface area contributed by atoms with Crippen LogP contribution in [0.2, 0.25) is 0 Å². The van der Waals surface area contributed by atoms with Gasteiger partial charge in [-0.1, -0.05) is 12.1 Å². The average Bonchev–Trinajstić information content (AvgIpc) is 2.28. The van der Waals surface area contributed by atoms with E-state index in [1.165, 1.54) is 0 Å². The molecule has 4 heteroatoms. The summed E-state index contributed by atoms with van der Waals surface area (Å²) < 4.78 is 0. The van der Waals surface area contributed by atoms with Gasteiger partial charge in [0.15, 0.2) is 0 Å². The molecule has 0 atom stereocenters. The zero-order valence-electron chi connectivity index (χ0n) is 9.82. The van der Waals surface area contributed by atoms with Crippen LogP contribution in [0.1, 0.15) is 34.3 Å². The van der Waals surface area contributed by atoms with E-state index in [1.54, 1.807) is 18.2 Å². The first-order chi connectivity index (χ1) is 7.91. The van der Waals surface area contributed by atoms with E-state index in [4.69, 9.17) is 5.11 Å². The summed E-state index contributed by atoms with van der Waals surface area (Å²) in [7, 11) is 0. The fourth-order valence-electron chi connectivity index (χ4n) is 1.38. The standard InChI is InChI=1S/C13H14O4/c1-8-3-4-10(7-9(8)2)13(17)11(14)5-6-12(15)16/h3-4,7H,5-6H2,1-2H3,(H,15,16). The van der Waals surface area contributed by atoms with Gasteiger partial charge >= 0.3 is 5.97 Å². The number of aliphatic carboxylic acids is 1. The Morgan fingerprint density at radius 1 is 1.06 bits per heavy atom. The second kappa shape index (κ2) is 5.39. The maximum atomic E-state index is 11.7. The second-order valence-electron chi connectivity index (χ2n) is 3.95. The first-order valence-electron chi connectivity index (χ1n) is 5.28. The monoisotopic (exact) mass is 234 g/mol. The maximum absolute atomic E-state index is 11.7. The third-order valence-electron chi connectivity index (χ3n) is 2.59. The number of hydrogen-bond donors (Lipinski definition) is 1. The number of carbonyl (C=O) groups excluding carboxylic acids is 2. The van der Waals surface area contributed by atoms with Crippen LogP contribution in [0.15, 0.2) is 18.2 Å². The topological polar surface area (TPSA) is 71.4 Å². The molecule has 0 radical (unpaired) electrons. The minimum Gasteiger partial charge on any atom is -0.481 e. The smallest absolute Gasteiger partial charge is 0.303 e. The van der Waals surface area contributed by atoms with E-state index in [1.807, 2.05) is 13.8 Å². The quantitative estimate of drug-likeness (QED) is 0.624. The van der Waals surface area contributed by atoms with Gasteiger partial charge in [-0.2, -0.15) is 0 Å². The van der Waals surface area contributed by atoms with Crippen LogP contribution in [0.25, 0.3) is 0 Å². The third-order valence-corrected chi connectivity index (χ3v) is 2.59. The number of aryl methyl sites for hydroxylation is 2. The van der Waals surface area contributed by atoms with E-state index in [0.717, 1.165) is 11.1 Å². The molecule has 0 aliphatic rings. The Labute approximate surface area is 99.3 Å². The summed E-state index contributed by atoms with van der Waals surface area (Å²) in [4.78, 5) is 33.4. The van der Waals surface area contributed by atoms with Gasteiger partial charge in [0.1, 0.15) is 0 Å². The summed E-state index contributed by atoms with van der Waals surface area (Å²) in [6.07, 6.45) is -0.559. The highest BCUT2D eigenvalue weighted by molar-refractivity contribution is 6.43. The summed E-state index contributed by atoms with van der Waals surface area (Å²) in [5, 5.41) is 8.43. The fourth-order valence-corrected chi connectivity index (χ4v) is 1.38. The molecule has 0 heterocycles. The van der Waals surface area contributed by atoms with Crippen molar-refractivity contribution in [2.45, 2.75) is 26.7 Å². The minimum atomic E-state index is -1.08. The van der Waals surface area contributed by atoms with Crippen molar-refractivity contribution in [3.63, 3.8) is 0 Å². The van der Waals surface area contributed by atoms with E-state index in [9.17, 15) is 14.4 Å². The molecule has 0 saturated heterocycles. The molecule has 4 nitrogen and oxygen atoms in total. The first-order valence-corrected chi connectivity index (χ1v) is 5.28. The van der Waals surface area contributed by atoms with Gasteiger partial charge in [0.05, 0.1) is 6.42 Å². The van der Waals surface area contributed by atoms with Crippen molar-refractivity contribution in [2.75, 3.05) is 0 Å². The summed E-state index contributed by atoms with van der Waals surface area (Å²) in [5.41, 5.74) is 2.30. The molecule has 90 valence electrons. The molecule has 0 fully saturated rings. The Morgan fingerprint density at radius 3 is 2.24 bits per heavy atom. The summed E-state index contributed by atoms with van der Waals surface area (Å²) in [6, 6.07) is 5.01. The molecule has 1 rings (SSSR count). The van der Waals surface area contributed by atoms with Gasteiger partial charge in [-0.05, 0) is 31.0 Å². The van der Waals surface area contributed by atoms with Crippen molar-refractivity contribution < 1.29 is 19.5 Å². The van der Waals surface area contributed by atoms with E-state index < -0.39 is 17.5 Å². The van der Waals surface area contributed by atoms with Crippen molar-refractivity contribution in [3.05, 3.63) is 34.9 Å². The molecule has 0 bridgehead atoms. The van der Waals surface area contributed by atoms with Crippen LogP contribution in [-0.4, -0.2) is 22.6 Å². The fraction of sp³-hybridized carbons (Fsp3) is 0.308. The zero-order chi connectivity index (χ0) is 13.0. The highest BCUT2D eigenvalue weighted by Gasteiger charge is 2.17. The average molecular weight is 234 g/mol. The van der Waals surface area contributed by atoms with E-state index in [2.05, 4.69) is 0 Å². The lowest BCUT2D eigenvalue weighted by molar-refractivity contribution is -0.138. The van der Waals surface area contributed by atoms with Crippen molar-refractivity contribution >= 4 is 17.5 Å². The SMILES string of the molecule is Cc1ccc(C(=O)C(=O)CCC(=O)O)cc1C. The van der Waals surface area contributed by atoms with Crippen molar-refractivity contribution in [1.29, 1.82) is 0 Å². The molecule has 0 aliphatic heterocycles. The van der Waals surface area contributed by atoms with Crippen LogP contribution in [0.3, 0.4) is 0 Å². The molecule has 1 aromatic rings. The Bertz CT molecular complexity index is 474. The van der Waals surface area contributed by atoms with Crippen LogP contribution in [0.4, 0.5) is 0 Å². The van der Waals surface area contributed by atoms with Gasteiger partial charge in [0.2, 0.25) is 11.6 Å². The zero-order valence-corrected chi connectivity index (χ0v) is 9.82. The van der Waals surface area contributed by atoms with Crippen LogP contribution < -0.4 is 0 Å². The number of hydrogen-bond acceptors (Lipinski definition) is 3. The second-order valence-corrected chi connectivity index (χ2v) is 3.95. The lowest BCUT2D eigenvalue weighted by atomic mass is 10.00. The van der Waals surface area contributed by atoms with Gasteiger partial charge in [0.25, 0.3) is 0 Å². The van der Waals surface area contributed by atoms with Crippen LogP contribution in [0.5, 0.6) is 0 Å². The van der Waals surface area contributed by atoms with Crippen LogP contribution >= 0.6 is 0 Å². The number of carboxylic acids is 1. The highest BCUT2D eigenvalue weighted by Crippen LogP contribution is 2.11. The Hall–Kier alpha value is -1.97. The molecule has 0 aliphatic carbocycles. The van der Waals surface area contributed by atoms with Crippen LogP contribution in [0, 0.1) is 13.8 Å². The highest BCUT2D eigenvalue weighted by atomic mass is 16.4. The summed E-state index contributed by atoms with van der Waals surface area (Å²) in [5.74, 6) is -2.35. The third kappa shape index (κ3) is 3.52. The van der Waals surface area contributed by atoms with Gasteiger partial charge in [-0.15, -0.1) is 0 Å². The Morgan fingerprint density at radius 2 is 1.71 bits per heavy atom. The lowest BCUT2D eigenvalue weighted by Crippen LogP contribution is -2.15. The number of benzene rings is 1. The Kier molecular flexibility index (Phi) is 4.15. The number of Topliss-reactive ketones (excluding diaryl/α,β-unsaturated/α-hetero) is 2. The normalized spacial score (nSPS) is 10.0. The molecule has 1 N–H and O–H groups in total. The van der Waals surface area contributed by atoms with Gasteiger partial charge in [0, 0.05) is 12.0 Å². The van der Waals surface area contributed by atoms with E-state index in [0.29, 0.717) is 5.56 Å². The van der Waals surface area contributed by atoms with Crippen molar-refractivity contribution in [1.82, 2.24) is 0 Å². The molecule has 0 spiro atoms. The number of carbonyl (C=O) groups is 3. The first kappa shape index (κ1) is 13.1. The number of ketones is 2. The predicted octanol–water partition coefficient (Wildman–Crippen LogP) is 1.92. The number of carboxylic acid groups (broad SMARTS) is 1. The molecule has 0 aromatic heterocycles. The molecule has 0 amide bonds. The molecule has 1 aromatic carbocycles. The molecule has 0 unspecified atom stereocenters. The van der Waals surface area contributed by atoms with Gasteiger partial charge < -0.3 is 5.11 Å². The minimum absolute atomic E-state index is 0.249. The molecular weight excluding hydrogens is 220 g/mol. The van der Waals surface area contributed by atoms with Gasteiger partial charge in [-0.25, -0.2) is 0 Å². The van der Waals surface area contributed by atoms with E-state index in [-0.39, 0.29) is 12.8 Å². The maximum Gasteiger partial charge on any atom is 0.303 e. The molecular formula is C13H14O4. The number of rotatable bonds is 5. The van der Waals surface area contributed by atoms with E-state index >= 15 is 0 Å². The summed E-state index contributed by atoms with van der Waals surface area (Å²) >= 11 is 0. The largest absolute Gasteiger partial charge is 0.481 e. The predicted molar refractivity (Wildman–Crippen MR) is 62.1 cm³/mol. The lowest BCUT2D eigenvalue weighted by Gasteiger charge is -2.03. The van der Waals surface area contributed by atoms with Crippen molar-refractivity contribution in [3.8, 4) is 0 Å². The van der Waals surface area contributed by atoms with Crippen molar-refractivity contribution in [2.24, 2.45) is 0 Å². The van der Waals surface area contributed by atoms with Crippen LogP contribution in [-0.2, 0) is 9.59 Å². The molecule has 17 heavy (non-hydrogen) atoms. The molecule has 0 saturated carbocycles. The Balaban J connectivity index is 2.78. The summed E-state index contributed by atoms with van der Waals surface area (Å²) in [6.45, 7) is 3.77. The van der Waals surface area contributed by atoms with Gasteiger partial charge in [-0.3, -0.25) is 14.4 Å².